The van der Waals surface area contributed by atoms with Crippen LogP contribution in [0.5, 0.6) is 0 Å². The maximum atomic E-state index is 6.04. The molecule has 0 bridgehead atoms. The van der Waals surface area contributed by atoms with Crippen molar-refractivity contribution in [3.63, 3.8) is 0 Å². The summed E-state index contributed by atoms with van der Waals surface area (Å²) < 4.78 is 0. The molecule has 0 N–H and O–H groups in total. The Morgan fingerprint density at radius 1 is 1.18 bits per heavy atom. The fraction of sp³-hybridized carbons (Fsp3) is 0.400. The van der Waals surface area contributed by atoms with Crippen LogP contribution in [0.1, 0.15) is 17.5 Å². The largest absolute Gasteiger partial charge is 0.123 e. The zero-order valence-corrected chi connectivity index (χ0v) is 7.14. The van der Waals surface area contributed by atoms with Crippen LogP contribution in [0, 0.1) is 0 Å². The number of fused-ring (bicyclic) bond motifs is 1. The first-order chi connectivity index (χ1) is 5.36. The van der Waals surface area contributed by atoms with E-state index in [1.165, 1.54) is 11.1 Å². The first-order valence-electron chi connectivity index (χ1n) is 4.07. The van der Waals surface area contributed by atoms with Gasteiger partial charge in [0.1, 0.15) is 0 Å². The lowest BCUT2D eigenvalue weighted by molar-refractivity contribution is 0.694. The van der Waals surface area contributed by atoms with Gasteiger partial charge in [0.05, 0.1) is 0 Å². The van der Waals surface area contributed by atoms with Crippen molar-refractivity contribution in [1.29, 1.82) is 0 Å². The first kappa shape index (κ1) is 7.17. The number of halogens is 1. The molecular weight excluding hydrogens is 156 g/mol. The molecule has 1 aliphatic rings. The van der Waals surface area contributed by atoms with E-state index in [1.54, 1.807) is 0 Å². The number of hydrogen-bond donors (Lipinski definition) is 0. The third kappa shape index (κ3) is 1.41. The lowest BCUT2D eigenvalue weighted by Gasteiger charge is -2.19. The Balaban J connectivity index is 2.34. The average Bonchev–Trinajstić information content (AvgIpc) is 2.04. The van der Waals surface area contributed by atoms with Crippen molar-refractivity contribution in [2.24, 2.45) is 0 Å². The van der Waals surface area contributed by atoms with Crippen molar-refractivity contribution in [3.8, 4) is 0 Å². The third-order valence-corrected chi connectivity index (χ3v) is 2.66. The number of alkyl halides is 1. The topological polar surface area (TPSA) is 0 Å². The lowest BCUT2D eigenvalue weighted by atomic mass is 9.92. The van der Waals surface area contributed by atoms with Crippen molar-refractivity contribution in [3.05, 3.63) is 35.4 Å². The predicted octanol–water partition coefficient (Wildman–Crippen LogP) is 2.78. The van der Waals surface area contributed by atoms with Crippen LogP contribution in [0.4, 0.5) is 0 Å². The summed E-state index contributed by atoms with van der Waals surface area (Å²) in [5, 5.41) is 0.366. The number of rotatable bonds is 0. The molecule has 0 saturated carbocycles. The maximum Gasteiger partial charge on any atom is 0.0379 e. The Labute approximate surface area is 72.2 Å². The Hall–Kier alpha value is -0.490. The van der Waals surface area contributed by atoms with Crippen LogP contribution >= 0.6 is 11.6 Å². The Bertz CT molecular complexity index is 255. The lowest BCUT2D eigenvalue weighted by Crippen LogP contribution is -2.13. The summed E-state index contributed by atoms with van der Waals surface area (Å²) in [6.45, 7) is 0. The van der Waals surface area contributed by atoms with Gasteiger partial charge in [-0.2, -0.15) is 0 Å². The van der Waals surface area contributed by atoms with Crippen LogP contribution in [0.15, 0.2) is 24.3 Å². The summed E-state index contributed by atoms with van der Waals surface area (Å²) >= 11 is 6.04. The van der Waals surface area contributed by atoms with Gasteiger partial charge in [-0.1, -0.05) is 24.3 Å². The Morgan fingerprint density at radius 3 is 2.73 bits per heavy atom. The molecule has 11 heavy (non-hydrogen) atoms. The molecule has 1 atom stereocenters. The summed E-state index contributed by atoms with van der Waals surface area (Å²) in [6, 6.07) is 8.59. The van der Waals surface area contributed by atoms with Crippen LogP contribution < -0.4 is 0 Å². The van der Waals surface area contributed by atoms with E-state index in [0.29, 0.717) is 5.38 Å². The quantitative estimate of drug-likeness (QED) is 0.520. The normalized spacial score (nSPS) is 22.8. The standard InChI is InChI=1S/C10H11Cl/c11-10-6-5-8-3-1-2-4-9(8)7-10/h1-4,10H,5-7H2/t10-/m0/s1. The molecule has 1 aromatic carbocycles. The van der Waals surface area contributed by atoms with Gasteiger partial charge in [0.25, 0.3) is 0 Å². The molecule has 0 radical (unpaired) electrons. The van der Waals surface area contributed by atoms with E-state index in [-0.39, 0.29) is 0 Å². The van der Waals surface area contributed by atoms with Gasteiger partial charge in [0.2, 0.25) is 0 Å². The van der Waals surface area contributed by atoms with Gasteiger partial charge in [-0.05, 0) is 30.4 Å². The smallest absolute Gasteiger partial charge is 0.0379 e. The van der Waals surface area contributed by atoms with E-state index in [9.17, 15) is 0 Å². The molecular formula is C10H11Cl. The van der Waals surface area contributed by atoms with E-state index >= 15 is 0 Å². The van der Waals surface area contributed by atoms with Gasteiger partial charge >= 0.3 is 0 Å². The van der Waals surface area contributed by atoms with Gasteiger partial charge in [-0.15, -0.1) is 11.6 Å². The minimum absolute atomic E-state index is 0.366. The van der Waals surface area contributed by atoms with E-state index in [1.807, 2.05) is 0 Å². The first-order valence-corrected chi connectivity index (χ1v) is 4.51. The molecule has 0 aliphatic heterocycles. The molecule has 0 unspecified atom stereocenters. The van der Waals surface area contributed by atoms with Crippen molar-refractivity contribution >= 4 is 11.6 Å². The minimum Gasteiger partial charge on any atom is -0.123 e. The SMILES string of the molecule is Cl[C@H]1CCc2ccccc2C1. The van der Waals surface area contributed by atoms with E-state index in [0.717, 1.165) is 19.3 Å². The molecule has 2 rings (SSSR count). The van der Waals surface area contributed by atoms with E-state index in [2.05, 4.69) is 24.3 Å². The highest BCUT2D eigenvalue weighted by Crippen LogP contribution is 2.23. The molecule has 0 fully saturated rings. The predicted molar refractivity (Wildman–Crippen MR) is 48.1 cm³/mol. The molecule has 1 aliphatic carbocycles. The molecule has 0 amide bonds. The van der Waals surface area contributed by atoms with Gasteiger partial charge in [0.15, 0.2) is 0 Å². The zero-order valence-electron chi connectivity index (χ0n) is 6.39. The summed E-state index contributed by atoms with van der Waals surface area (Å²) in [4.78, 5) is 0. The van der Waals surface area contributed by atoms with Gasteiger partial charge in [-0.25, -0.2) is 0 Å². The molecule has 1 aromatic rings. The minimum atomic E-state index is 0.366. The molecule has 1 heteroatoms. The molecule has 0 nitrogen and oxygen atoms in total. The van der Waals surface area contributed by atoms with Crippen LogP contribution in [-0.2, 0) is 12.8 Å². The zero-order chi connectivity index (χ0) is 7.68. The summed E-state index contributed by atoms with van der Waals surface area (Å²) in [7, 11) is 0. The average molecular weight is 167 g/mol. The van der Waals surface area contributed by atoms with Crippen LogP contribution in [-0.4, -0.2) is 5.38 Å². The van der Waals surface area contributed by atoms with Crippen LogP contribution in [0.2, 0.25) is 0 Å². The van der Waals surface area contributed by atoms with Crippen LogP contribution in [0.3, 0.4) is 0 Å². The van der Waals surface area contributed by atoms with Crippen LogP contribution in [0.25, 0.3) is 0 Å². The van der Waals surface area contributed by atoms with Crippen molar-refractivity contribution < 1.29 is 0 Å². The number of aryl methyl sites for hydroxylation is 1. The van der Waals surface area contributed by atoms with Gasteiger partial charge < -0.3 is 0 Å². The van der Waals surface area contributed by atoms with Crippen molar-refractivity contribution in [2.75, 3.05) is 0 Å². The highest BCUT2D eigenvalue weighted by molar-refractivity contribution is 6.20. The van der Waals surface area contributed by atoms with Crippen molar-refractivity contribution in [1.82, 2.24) is 0 Å². The van der Waals surface area contributed by atoms with Gasteiger partial charge in [0, 0.05) is 5.38 Å². The Kier molecular flexibility index (Phi) is 1.87. The monoisotopic (exact) mass is 166 g/mol. The number of benzene rings is 1. The molecule has 0 heterocycles. The third-order valence-electron chi connectivity index (χ3n) is 2.29. The summed E-state index contributed by atoms with van der Waals surface area (Å²) in [5.41, 5.74) is 2.93. The molecule has 0 aromatic heterocycles. The molecule has 0 spiro atoms. The maximum absolute atomic E-state index is 6.04. The summed E-state index contributed by atoms with van der Waals surface area (Å²) in [6.07, 6.45) is 3.35. The van der Waals surface area contributed by atoms with Gasteiger partial charge in [-0.3, -0.25) is 0 Å². The second-order valence-corrected chi connectivity index (χ2v) is 3.73. The van der Waals surface area contributed by atoms with E-state index < -0.39 is 0 Å². The Morgan fingerprint density at radius 2 is 1.91 bits per heavy atom. The second kappa shape index (κ2) is 2.86. The highest BCUT2D eigenvalue weighted by atomic mass is 35.5. The highest BCUT2D eigenvalue weighted by Gasteiger charge is 2.14. The molecule has 0 saturated heterocycles. The second-order valence-electron chi connectivity index (χ2n) is 3.11. The fourth-order valence-corrected chi connectivity index (χ4v) is 1.93. The van der Waals surface area contributed by atoms with Crippen molar-refractivity contribution in [2.45, 2.75) is 24.6 Å². The van der Waals surface area contributed by atoms with E-state index in [4.69, 9.17) is 11.6 Å². The fourth-order valence-electron chi connectivity index (χ4n) is 1.65. The summed E-state index contributed by atoms with van der Waals surface area (Å²) in [5.74, 6) is 0. The molecule has 58 valence electrons. The number of hydrogen-bond acceptors (Lipinski definition) is 0.